The molecular formula is C24H27N5O2. The van der Waals surface area contributed by atoms with Crippen molar-refractivity contribution < 1.29 is 9.59 Å². The number of fused-ring (bicyclic) bond motifs is 1. The number of benzene rings is 1. The van der Waals surface area contributed by atoms with Crippen LogP contribution in [0.3, 0.4) is 0 Å². The third-order valence-corrected chi connectivity index (χ3v) is 6.36. The summed E-state index contributed by atoms with van der Waals surface area (Å²) in [5, 5.41) is 8.32. The van der Waals surface area contributed by atoms with Crippen LogP contribution < -0.4 is 5.32 Å². The molecule has 1 aliphatic carbocycles. The lowest BCUT2D eigenvalue weighted by molar-refractivity contribution is 0.0793. The van der Waals surface area contributed by atoms with Crippen LogP contribution in [0.2, 0.25) is 0 Å². The van der Waals surface area contributed by atoms with E-state index in [0.717, 1.165) is 66.8 Å². The monoisotopic (exact) mass is 417 g/mol. The highest BCUT2D eigenvalue weighted by Gasteiger charge is 2.29. The van der Waals surface area contributed by atoms with Crippen molar-refractivity contribution in [3.63, 3.8) is 0 Å². The van der Waals surface area contributed by atoms with Crippen molar-refractivity contribution in [1.29, 1.82) is 0 Å². The van der Waals surface area contributed by atoms with Crippen LogP contribution in [-0.2, 0) is 7.05 Å². The van der Waals surface area contributed by atoms with Gasteiger partial charge in [0.1, 0.15) is 0 Å². The van der Waals surface area contributed by atoms with Crippen molar-refractivity contribution in [3.8, 4) is 0 Å². The lowest BCUT2D eigenvalue weighted by Crippen LogP contribution is -2.29. The van der Waals surface area contributed by atoms with Gasteiger partial charge in [-0.2, -0.15) is 5.10 Å². The molecule has 5 rings (SSSR count). The molecule has 1 aromatic carbocycles. The van der Waals surface area contributed by atoms with E-state index in [1.165, 1.54) is 0 Å². The fraction of sp³-hybridized carbons (Fsp3) is 0.417. The second-order valence-electron chi connectivity index (χ2n) is 8.73. The smallest absolute Gasteiger partial charge is 0.256 e. The number of nitrogens with zero attached hydrogens (tertiary/aromatic N) is 4. The van der Waals surface area contributed by atoms with Crippen molar-refractivity contribution in [2.24, 2.45) is 7.05 Å². The molecule has 0 unspecified atom stereocenters. The Bertz CT molecular complexity index is 1200. The summed E-state index contributed by atoms with van der Waals surface area (Å²) in [6.45, 7) is 5.35. The van der Waals surface area contributed by atoms with E-state index in [0.29, 0.717) is 22.7 Å². The second kappa shape index (κ2) is 7.48. The molecule has 3 heterocycles. The zero-order chi connectivity index (χ0) is 21.7. The minimum atomic E-state index is -0.227. The molecule has 3 aromatic rings. The van der Waals surface area contributed by atoms with Gasteiger partial charge in [-0.3, -0.25) is 14.3 Å². The molecule has 0 bridgehead atoms. The van der Waals surface area contributed by atoms with Gasteiger partial charge in [0.25, 0.3) is 11.8 Å². The topological polar surface area (TPSA) is 80.1 Å². The van der Waals surface area contributed by atoms with Crippen LogP contribution in [0.4, 0.5) is 5.69 Å². The first-order valence-corrected chi connectivity index (χ1v) is 11.0. The van der Waals surface area contributed by atoms with Gasteiger partial charge < -0.3 is 10.2 Å². The minimum Gasteiger partial charge on any atom is -0.339 e. The number of aromatic nitrogens is 3. The summed E-state index contributed by atoms with van der Waals surface area (Å²) in [7, 11) is 1.86. The van der Waals surface area contributed by atoms with Crippen LogP contribution in [0, 0.1) is 13.8 Å². The number of pyridine rings is 1. The largest absolute Gasteiger partial charge is 0.339 e. The van der Waals surface area contributed by atoms with Crippen LogP contribution in [0.1, 0.15) is 69.3 Å². The molecule has 1 saturated carbocycles. The third-order valence-electron chi connectivity index (χ3n) is 6.36. The number of para-hydroxylation sites is 1. The Morgan fingerprint density at radius 2 is 1.84 bits per heavy atom. The number of carbonyl (C=O) groups excluding carboxylic acids is 2. The normalized spacial score (nSPS) is 16.2. The van der Waals surface area contributed by atoms with Gasteiger partial charge in [-0.25, -0.2) is 4.98 Å². The Morgan fingerprint density at radius 1 is 1.10 bits per heavy atom. The first kappa shape index (κ1) is 19.7. The molecule has 0 spiro atoms. The summed E-state index contributed by atoms with van der Waals surface area (Å²) in [5.41, 5.74) is 5.02. The molecule has 1 N–H and O–H groups in total. The van der Waals surface area contributed by atoms with Crippen LogP contribution in [0.25, 0.3) is 11.0 Å². The quantitative estimate of drug-likeness (QED) is 0.697. The van der Waals surface area contributed by atoms with Gasteiger partial charge >= 0.3 is 0 Å². The number of anilines is 1. The summed E-state index contributed by atoms with van der Waals surface area (Å²) in [4.78, 5) is 33.3. The number of aryl methyl sites for hydroxylation is 3. The number of likely N-dealkylation sites (tertiary alicyclic amines) is 1. The fourth-order valence-corrected chi connectivity index (χ4v) is 4.51. The maximum atomic E-state index is 13.5. The maximum Gasteiger partial charge on any atom is 0.256 e. The van der Waals surface area contributed by atoms with Gasteiger partial charge in [0, 0.05) is 31.7 Å². The molecule has 160 valence electrons. The maximum absolute atomic E-state index is 13.5. The molecule has 2 fully saturated rings. The van der Waals surface area contributed by atoms with Crippen molar-refractivity contribution in [1.82, 2.24) is 19.7 Å². The number of carbonyl (C=O) groups is 2. The van der Waals surface area contributed by atoms with E-state index in [1.807, 2.05) is 44.0 Å². The Balaban J connectivity index is 1.55. The molecule has 2 aliphatic rings. The average molecular weight is 418 g/mol. The molecule has 2 amide bonds. The highest BCUT2D eigenvalue weighted by molar-refractivity contribution is 6.15. The lowest BCUT2D eigenvalue weighted by atomic mass is 10.0. The van der Waals surface area contributed by atoms with Gasteiger partial charge in [-0.1, -0.05) is 12.1 Å². The van der Waals surface area contributed by atoms with Gasteiger partial charge in [0.15, 0.2) is 5.65 Å². The standard InChI is InChI=1S/C24H27N5O2/c1-14-7-6-8-17(24(31)29-11-4-5-12-29)21(14)26-23(30)18-13-19(16-9-10-16)25-22-20(18)15(2)27-28(22)3/h6-8,13,16H,4-5,9-12H2,1-3H3,(H,26,30). The first-order chi connectivity index (χ1) is 14.9. The molecule has 7 nitrogen and oxygen atoms in total. The predicted octanol–water partition coefficient (Wildman–Crippen LogP) is 3.95. The van der Waals surface area contributed by atoms with E-state index < -0.39 is 0 Å². The van der Waals surface area contributed by atoms with E-state index in [2.05, 4.69) is 10.4 Å². The number of nitrogens with one attached hydrogen (secondary N) is 1. The van der Waals surface area contributed by atoms with E-state index in [9.17, 15) is 9.59 Å². The molecule has 0 radical (unpaired) electrons. The lowest BCUT2D eigenvalue weighted by Gasteiger charge is -2.19. The summed E-state index contributed by atoms with van der Waals surface area (Å²) in [5.74, 6) is 0.166. The average Bonchev–Trinajstić information content (AvgIpc) is 3.38. The third kappa shape index (κ3) is 3.48. The molecule has 1 saturated heterocycles. The Morgan fingerprint density at radius 3 is 2.55 bits per heavy atom. The molecule has 0 atom stereocenters. The van der Waals surface area contributed by atoms with Crippen LogP contribution in [0.15, 0.2) is 24.3 Å². The summed E-state index contributed by atoms with van der Waals surface area (Å²) < 4.78 is 1.74. The fourth-order valence-electron chi connectivity index (χ4n) is 4.51. The van der Waals surface area contributed by atoms with Crippen molar-refractivity contribution in [2.45, 2.75) is 45.4 Å². The van der Waals surface area contributed by atoms with Crippen molar-refractivity contribution >= 4 is 28.5 Å². The second-order valence-corrected chi connectivity index (χ2v) is 8.73. The summed E-state index contributed by atoms with van der Waals surface area (Å²) in [6.07, 6.45) is 4.25. The van der Waals surface area contributed by atoms with Gasteiger partial charge in [0.05, 0.1) is 27.9 Å². The van der Waals surface area contributed by atoms with E-state index in [1.54, 1.807) is 10.7 Å². The van der Waals surface area contributed by atoms with Crippen LogP contribution in [0.5, 0.6) is 0 Å². The number of hydrogen-bond acceptors (Lipinski definition) is 4. The summed E-state index contributed by atoms with van der Waals surface area (Å²) >= 11 is 0. The van der Waals surface area contributed by atoms with Crippen molar-refractivity contribution in [2.75, 3.05) is 18.4 Å². The van der Waals surface area contributed by atoms with Gasteiger partial charge in [-0.15, -0.1) is 0 Å². The first-order valence-electron chi connectivity index (χ1n) is 11.0. The summed E-state index contributed by atoms with van der Waals surface area (Å²) in [6, 6.07) is 7.50. The molecule has 2 aromatic heterocycles. The number of hydrogen-bond donors (Lipinski definition) is 1. The molecular weight excluding hydrogens is 390 g/mol. The number of amides is 2. The predicted molar refractivity (Wildman–Crippen MR) is 119 cm³/mol. The van der Waals surface area contributed by atoms with Crippen LogP contribution in [-0.4, -0.2) is 44.6 Å². The zero-order valence-electron chi connectivity index (χ0n) is 18.2. The Hall–Kier alpha value is -3.22. The molecule has 31 heavy (non-hydrogen) atoms. The zero-order valence-corrected chi connectivity index (χ0v) is 18.2. The van der Waals surface area contributed by atoms with Gasteiger partial charge in [0.2, 0.25) is 0 Å². The molecule has 7 heteroatoms. The minimum absolute atomic E-state index is 0.0207. The highest BCUT2D eigenvalue weighted by atomic mass is 16.2. The van der Waals surface area contributed by atoms with Crippen LogP contribution >= 0.6 is 0 Å². The number of rotatable bonds is 4. The van der Waals surface area contributed by atoms with Gasteiger partial charge in [-0.05, 0) is 57.2 Å². The Kier molecular flexibility index (Phi) is 4.76. The van der Waals surface area contributed by atoms with E-state index in [-0.39, 0.29) is 11.8 Å². The Labute approximate surface area is 181 Å². The van der Waals surface area contributed by atoms with E-state index >= 15 is 0 Å². The van der Waals surface area contributed by atoms with Crippen molar-refractivity contribution in [3.05, 3.63) is 52.3 Å². The highest BCUT2D eigenvalue weighted by Crippen LogP contribution is 2.40. The van der Waals surface area contributed by atoms with E-state index in [4.69, 9.17) is 4.98 Å². The SMILES string of the molecule is Cc1cccc(C(=O)N2CCCC2)c1NC(=O)c1cc(C2CC2)nc2c1c(C)nn2C. The molecule has 1 aliphatic heterocycles.